The molecule has 4 heteroatoms. The minimum atomic E-state index is 0.0460. The second kappa shape index (κ2) is 8.85. The van der Waals surface area contributed by atoms with Gasteiger partial charge in [-0.2, -0.15) is 0 Å². The van der Waals surface area contributed by atoms with E-state index < -0.39 is 0 Å². The predicted octanol–water partition coefficient (Wildman–Crippen LogP) is 3.64. The number of aryl methyl sites for hydroxylation is 1. The van der Waals surface area contributed by atoms with E-state index in [1.54, 1.807) is 6.92 Å². The molecule has 0 bridgehead atoms. The molecule has 1 aliphatic heterocycles. The van der Waals surface area contributed by atoms with Crippen molar-refractivity contribution in [3.05, 3.63) is 71.3 Å². The number of nitrogens with one attached hydrogen (secondary N) is 1. The van der Waals surface area contributed by atoms with Crippen molar-refractivity contribution in [3.63, 3.8) is 0 Å². The molecule has 1 fully saturated rings. The normalized spacial score (nSPS) is 16.0. The van der Waals surface area contributed by atoms with Crippen molar-refractivity contribution < 1.29 is 9.59 Å². The molecule has 1 unspecified atom stereocenters. The summed E-state index contributed by atoms with van der Waals surface area (Å²) in [6.45, 7) is 5.15. The summed E-state index contributed by atoms with van der Waals surface area (Å²) < 4.78 is 0. The van der Waals surface area contributed by atoms with Crippen LogP contribution in [-0.4, -0.2) is 35.8 Å². The Kier molecular flexibility index (Phi) is 6.28. The van der Waals surface area contributed by atoms with Crippen LogP contribution in [0.15, 0.2) is 54.6 Å². The Morgan fingerprint density at radius 3 is 2.30 bits per heavy atom. The quantitative estimate of drug-likeness (QED) is 0.880. The van der Waals surface area contributed by atoms with Crippen LogP contribution in [0.1, 0.15) is 48.8 Å². The Hall–Kier alpha value is -2.62. The van der Waals surface area contributed by atoms with Gasteiger partial charge in [-0.25, -0.2) is 0 Å². The van der Waals surface area contributed by atoms with E-state index >= 15 is 0 Å². The largest absolute Gasteiger partial charge is 0.353 e. The lowest BCUT2D eigenvalue weighted by Gasteiger charge is -2.32. The Labute approximate surface area is 161 Å². The highest BCUT2D eigenvalue weighted by Crippen LogP contribution is 2.30. The zero-order chi connectivity index (χ0) is 19.2. The molecule has 2 amide bonds. The van der Waals surface area contributed by atoms with Gasteiger partial charge in [-0.3, -0.25) is 9.59 Å². The van der Waals surface area contributed by atoms with E-state index in [0.29, 0.717) is 6.42 Å². The monoisotopic (exact) mass is 364 g/mol. The topological polar surface area (TPSA) is 49.4 Å². The van der Waals surface area contributed by atoms with Gasteiger partial charge in [-0.05, 0) is 36.5 Å². The van der Waals surface area contributed by atoms with E-state index in [2.05, 4.69) is 36.5 Å². The minimum Gasteiger partial charge on any atom is -0.353 e. The first-order valence-electron chi connectivity index (χ1n) is 9.70. The molecule has 0 aromatic heterocycles. The van der Waals surface area contributed by atoms with Gasteiger partial charge in [0.05, 0.1) is 0 Å². The number of hydrogen-bond acceptors (Lipinski definition) is 2. The highest BCUT2D eigenvalue weighted by Gasteiger charge is 2.24. The van der Waals surface area contributed by atoms with E-state index in [4.69, 9.17) is 0 Å². The number of carbonyl (C=O) groups excluding carboxylic acids is 2. The van der Waals surface area contributed by atoms with Gasteiger partial charge < -0.3 is 10.2 Å². The van der Waals surface area contributed by atoms with Crippen molar-refractivity contribution in [2.45, 2.75) is 45.1 Å². The molecule has 1 atom stereocenters. The molecule has 1 heterocycles. The zero-order valence-corrected chi connectivity index (χ0v) is 16.2. The third kappa shape index (κ3) is 4.97. The molecule has 2 aromatic rings. The summed E-state index contributed by atoms with van der Waals surface area (Å²) in [4.78, 5) is 26.1. The Morgan fingerprint density at radius 1 is 1.04 bits per heavy atom. The highest BCUT2D eigenvalue weighted by molar-refractivity contribution is 5.78. The van der Waals surface area contributed by atoms with Gasteiger partial charge in [0.2, 0.25) is 11.8 Å². The number of carbonyl (C=O) groups is 2. The van der Waals surface area contributed by atoms with Crippen LogP contribution in [0.25, 0.3) is 0 Å². The van der Waals surface area contributed by atoms with Crippen molar-refractivity contribution in [3.8, 4) is 0 Å². The molecule has 0 saturated carbocycles. The smallest absolute Gasteiger partial charge is 0.221 e. The van der Waals surface area contributed by atoms with Gasteiger partial charge in [0.1, 0.15) is 0 Å². The molecule has 0 spiro atoms. The van der Waals surface area contributed by atoms with E-state index in [1.165, 1.54) is 11.1 Å². The van der Waals surface area contributed by atoms with Gasteiger partial charge >= 0.3 is 0 Å². The summed E-state index contributed by atoms with van der Waals surface area (Å²) >= 11 is 0. The molecule has 27 heavy (non-hydrogen) atoms. The third-order valence-corrected chi connectivity index (χ3v) is 5.46. The van der Waals surface area contributed by atoms with Gasteiger partial charge in [-0.15, -0.1) is 0 Å². The average molecular weight is 364 g/mol. The first-order valence-corrected chi connectivity index (χ1v) is 9.70. The summed E-state index contributed by atoms with van der Waals surface area (Å²) in [5.74, 6) is 0.238. The molecular formula is C23H28N2O2. The molecule has 1 N–H and O–H groups in total. The summed E-state index contributed by atoms with van der Waals surface area (Å²) in [6, 6.07) is 18.7. The fraction of sp³-hybridized carbons (Fsp3) is 0.391. The molecule has 0 radical (unpaired) electrons. The van der Waals surface area contributed by atoms with Crippen LogP contribution in [0, 0.1) is 6.92 Å². The van der Waals surface area contributed by atoms with Gasteiger partial charge in [0.15, 0.2) is 0 Å². The number of benzene rings is 2. The van der Waals surface area contributed by atoms with Crippen LogP contribution in [0.3, 0.4) is 0 Å². The highest BCUT2D eigenvalue weighted by atomic mass is 16.2. The lowest BCUT2D eigenvalue weighted by molar-refractivity contribution is -0.130. The number of piperidine rings is 1. The Morgan fingerprint density at radius 2 is 1.67 bits per heavy atom. The minimum absolute atomic E-state index is 0.0460. The molecule has 2 aromatic carbocycles. The van der Waals surface area contributed by atoms with Crippen LogP contribution >= 0.6 is 0 Å². The van der Waals surface area contributed by atoms with Crippen LogP contribution in [0.2, 0.25) is 0 Å². The Balaban J connectivity index is 1.69. The maximum absolute atomic E-state index is 12.8. The fourth-order valence-corrected chi connectivity index (χ4v) is 3.88. The summed E-state index contributed by atoms with van der Waals surface area (Å²) in [5, 5.41) is 3.19. The van der Waals surface area contributed by atoms with E-state index in [-0.39, 0.29) is 23.8 Å². The maximum Gasteiger partial charge on any atom is 0.221 e. The maximum atomic E-state index is 12.8. The van der Waals surface area contributed by atoms with Crippen LogP contribution in [0.4, 0.5) is 0 Å². The Bertz CT molecular complexity index is 780. The summed E-state index contributed by atoms with van der Waals surface area (Å²) in [6.07, 6.45) is 2.08. The van der Waals surface area contributed by atoms with Gasteiger partial charge in [0, 0.05) is 38.4 Å². The molecule has 3 rings (SSSR count). The van der Waals surface area contributed by atoms with E-state index in [9.17, 15) is 9.59 Å². The van der Waals surface area contributed by atoms with E-state index in [1.807, 2.05) is 35.2 Å². The van der Waals surface area contributed by atoms with Gasteiger partial charge in [-0.1, -0.05) is 54.6 Å². The van der Waals surface area contributed by atoms with Gasteiger partial charge in [0.25, 0.3) is 0 Å². The van der Waals surface area contributed by atoms with Crippen LogP contribution in [0.5, 0.6) is 0 Å². The van der Waals surface area contributed by atoms with Crippen LogP contribution in [-0.2, 0) is 9.59 Å². The zero-order valence-electron chi connectivity index (χ0n) is 16.2. The molecule has 4 nitrogen and oxygen atoms in total. The van der Waals surface area contributed by atoms with Crippen molar-refractivity contribution in [2.24, 2.45) is 0 Å². The first-order chi connectivity index (χ1) is 13.0. The molecule has 1 saturated heterocycles. The predicted molar refractivity (Wildman–Crippen MR) is 107 cm³/mol. The number of likely N-dealkylation sites (tertiary alicyclic amines) is 1. The SMILES string of the molecule is CC(=O)N1CCC(NC(=O)CC(c2ccccc2)c2ccccc2C)CC1. The molecular weight excluding hydrogens is 336 g/mol. The average Bonchev–Trinajstić information content (AvgIpc) is 2.68. The number of nitrogens with zero attached hydrogens (tertiary/aromatic N) is 1. The van der Waals surface area contributed by atoms with Crippen LogP contribution < -0.4 is 5.32 Å². The summed E-state index contributed by atoms with van der Waals surface area (Å²) in [5.41, 5.74) is 3.56. The van der Waals surface area contributed by atoms with Crippen molar-refractivity contribution >= 4 is 11.8 Å². The standard InChI is InChI=1S/C23H28N2O2/c1-17-8-6-7-11-21(17)22(19-9-4-3-5-10-19)16-23(27)24-20-12-14-25(15-13-20)18(2)26/h3-11,20,22H,12-16H2,1-2H3,(H,24,27). The second-order valence-electron chi connectivity index (χ2n) is 7.37. The van der Waals surface area contributed by atoms with E-state index in [0.717, 1.165) is 31.5 Å². The fourth-order valence-electron chi connectivity index (χ4n) is 3.88. The third-order valence-electron chi connectivity index (χ3n) is 5.46. The van der Waals surface area contributed by atoms with Crippen molar-refractivity contribution in [2.75, 3.05) is 13.1 Å². The number of amides is 2. The number of rotatable bonds is 5. The summed E-state index contributed by atoms with van der Waals surface area (Å²) in [7, 11) is 0. The number of hydrogen-bond donors (Lipinski definition) is 1. The lowest BCUT2D eigenvalue weighted by atomic mass is 9.85. The van der Waals surface area contributed by atoms with Crippen molar-refractivity contribution in [1.82, 2.24) is 10.2 Å². The molecule has 1 aliphatic rings. The molecule has 0 aliphatic carbocycles. The lowest BCUT2D eigenvalue weighted by Crippen LogP contribution is -2.46. The second-order valence-corrected chi connectivity index (χ2v) is 7.37. The van der Waals surface area contributed by atoms with Crippen molar-refractivity contribution in [1.29, 1.82) is 0 Å². The molecule has 142 valence electrons. The first kappa shape index (κ1) is 19.2.